The summed E-state index contributed by atoms with van der Waals surface area (Å²) in [6.07, 6.45) is 5.29. The Balaban J connectivity index is 1.63. The molecule has 0 bridgehead atoms. The molecule has 1 aromatic carbocycles. The molecular formula is C21H26N4O3. The molecule has 1 aliphatic rings. The summed E-state index contributed by atoms with van der Waals surface area (Å²) in [4.78, 5) is 40.7. The van der Waals surface area contributed by atoms with Crippen LogP contribution < -0.4 is 11.2 Å². The summed E-state index contributed by atoms with van der Waals surface area (Å²) < 4.78 is 2.37. The summed E-state index contributed by atoms with van der Waals surface area (Å²) in [5.74, 6) is -0.113. The second kappa shape index (κ2) is 8.84. The van der Waals surface area contributed by atoms with Crippen LogP contribution in [0.2, 0.25) is 0 Å². The first-order chi connectivity index (χ1) is 13.5. The number of amides is 1. The van der Waals surface area contributed by atoms with Gasteiger partial charge in [0.1, 0.15) is 0 Å². The first-order valence-corrected chi connectivity index (χ1v) is 9.45. The monoisotopic (exact) mass is 382 g/mol. The SMILES string of the molecule is Cn1cc(/C=C/C(=O)N2CCCN(Cc3ccccc3)CC2)c(=O)n(C)c1=O. The Morgan fingerprint density at radius 1 is 1.04 bits per heavy atom. The van der Waals surface area contributed by atoms with E-state index in [1.54, 1.807) is 7.05 Å². The van der Waals surface area contributed by atoms with Crippen molar-refractivity contribution < 1.29 is 4.79 Å². The number of hydrogen-bond acceptors (Lipinski definition) is 4. The molecule has 28 heavy (non-hydrogen) atoms. The normalized spacial score (nSPS) is 15.7. The maximum Gasteiger partial charge on any atom is 0.330 e. The quantitative estimate of drug-likeness (QED) is 0.735. The number of aryl methyl sites for hydroxylation is 1. The van der Waals surface area contributed by atoms with Crippen LogP contribution in [0.4, 0.5) is 0 Å². The van der Waals surface area contributed by atoms with E-state index in [4.69, 9.17) is 0 Å². The molecule has 0 N–H and O–H groups in total. The average molecular weight is 382 g/mol. The number of benzene rings is 1. The van der Waals surface area contributed by atoms with E-state index in [9.17, 15) is 14.4 Å². The van der Waals surface area contributed by atoms with Crippen molar-refractivity contribution in [2.24, 2.45) is 14.1 Å². The van der Waals surface area contributed by atoms with Crippen molar-refractivity contribution in [1.82, 2.24) is 18.9 Å². The third-order valence-corrected chi connectivity index (χ3v) is 5.03. The van der Waals surface area contributed by atoms with Gasteiger partial charge in [0.05, 0.1) is 5.56 Å². The van der Waals surface area contributed by atoms with Gasteiger partial charge in [-0.25, -0.2) is 4.79 Å². The van der Waals surface area contributed by atoms with Crippen molar-refractivity contribution in [2.45, 2.75) is 13.0 Å². The largest absolute Gasteiger partial charge is 0.338 e. The molecule has 0 atom stereocenters. The predicted molar refractivity (Wildman–Crippen MR) is 109 cm³/mol. The summed E-state index contributed by atoms with van der Waals surface area (Å²) in [6, 6.07) is 10.3. The van der Waals surface area contributed by atoms with Crippen LogP contribution >= 0.6 is 0 Å². The molecule has 148 valence electrons. The van der Waals surface area contributed by atoms with Gasteiger partial charge < -0.3 is 9.47 Å². The fourth-order valence-corrected chi connectivity index (χ4v) is 3.41. The van der Waals surface area contributed by atoms with Crippen LogP contribution in [0.1, 0.15) is 17.5 Å². The second-order valence-electron chi connectivity index (χ2n) is 7.12. The van der Waals surface area contributed by atoms with Crippen LogP contribution in [0.25, 0.3) is 6.08 Å². The number of carbonyl (C=O) groups excluding carboxylic acids is 1. The average Bonchev–Trinajstić information content (AvgIpc) is 2.94. The van der Waals surface area contributed by atoms with Crippen LogP contribution in [0.5, 0.6) is 0 Å². The van der Waals surface area contributed by atoms with Gasteiger partial charge in [0.2, 0.25) is 5.91 Å². The zero-order valence-electron chi connectivity index (χ0n) is 16.4. The third-order valence-electron chi connectivity index (χ3n) is 5.03. The first-order valence-electron chi connectivity index (χ1n) is 9.45. The van der Waals surface area contributed by atoms with Gasteiger partial charge in [-0.3, -0.25) is 19.1 Å². The van der Waals surface area contributed by atoms with Gasteiger partial charge in [-0.15, -0.1) is 0 Å². The van der Waals surface area contributed by atoms with E-state index < -0.39 is 5.56 Å². The highest BCUT2D eigenvalue weighted by atomic mass is 16.2. The van der Waals surface area contributed by atoms with Crippen molar-refractivity contribution in [2.75, 3.05) is 26.2 Å². The van der Waals surface area contributed by atoms with Gasteiger partial charge >= 0.3 is 5.69 Å². The first kappa shape index (κ1) is 19.8. The summed E-state index contributed by atoms with van der Waals surface area (Å²) in [7, 11) is 3.01. The van der Waals surface area contributed by atoms with Crippen LogP contribution in [-0.4, -0.2) is 51.0 Å². The molecule has 0 radical (unpaired) electrons. The minimum atomic E-state index is -0.406. The van der Waals surface area contributed by atoms with E-state index in [0.717, 1.165) is 30.6 Å². The molecule has 0 unspecified atom stereocenters. The Bertz CT molecular complexity index is 975. The Morgan fingerprint density at radius 3 is 2.54 bits per heavy atom. The van der Waals surface area contributed by atoms with E-state index in [2.05, 4.69) is 17.0 Å². The highest BCUT2D eigenvalue weighted by molar-refractivity contribution is 5.91. The molecule has 0 spiro atoms. The smallest absolute Gasteiger partial charge is 0.330 e. The molecular weight excluding hydrogens is 356 g/mol. The van der Waals surface area contributed by atoms with Gasteiger partial charge in [-0.1, -0.05) is 30.3 Å². The van der Waals surface area contributed by atoms with Crippen LogP contribution in [0.15, 0.2) is 52.2 Å². The van der Waals surface area contributed by atoms with E-state index in [1.807, 2.05) is 23.1 Å². The molecule has 1 aliphatic heterocycles. The number of nitrogens with zero attached hydrogens (tertiary/aromatic N) is 4. The van der Waals surface area contributed by atoms with Crippen molar-refractivity contribution in [3.05, 3.63) is 74.6 Å². The molecule has 1 amide bonds. The Labute approximate surface area is 164 Å². The van der Waals surface area contributed by atoms with Gasteiger partial charge in [0.25, 0.3) is 5.56 Å². The summed E-state index contributed by atoms with van der Waals surface area (Å²) >= 11 is 0. The molecule has 1 fully saturated rings. The number of aromatic nitrogens is 2. The van der Waals surface area contributed by atoms with Crippen molar-refractivity contribution in [3.63, 3.8) is 0 Å². The van der Waals surface area contributed by atoms with Gasteiger partial charge in [0, 0.05) is 59.1 Å². The van der Waals surface area contributed by atoms with Gasteiger partial charge in [0.15, 0.2) is 0 Å². The van der Waals surface area contributed by atoms with Crippen LogP contribution in [0.3, 0.4) is 0 Å². The highest BCUT2D eigenvalue weighted by Gasteiger charge is 2.17. The molecule has 0 aliphatic carbocycles. The maximum absolute atomic E-state index is 12.6. The molecule has 1 aromatic heterocycles. The Morgan fingerprint density at radius 2 is 1.79 bits per heavy atom. The van der Waals surface area contributed by atoms with Gasteiger partial charge in [-0.2, -0.15) is 0 Å². The third kappa shape index (κ3) is 4.67. The summed E-state index contributed by atoms with van der Waals surface area (Å²) in [5, 5.41) is 0. The molecule has 7 nitrogen and oxygen atoms in total. The van der Waals surface area contributed by atoms with E-state index in [1.165, 1.54) is 35.5 Å². The topological polar surface area (TPSA) is 67.6 Å². The van der Waals surface area contributed by atoms with Crippen molar-refractivity contribution >= 4 is 12.0 Å². The minimum absolute atomic E-state index is 0.113. The van der Waals surface area contributed by atoms with E-state index >= 15 is 0 Å². The number of hydrogen-bond donors (Lipinski definition) is 0. The van der Waals surface area contributed by atoms with Gasteiger partial charge in [-0.05, 0) is 18.1 Å². The molecule has 2 heterocycles. The molecule has 1 saturated heterocycles. The van der Waals surface area contributed by atoms with E-state index in [0.29, 0.717) is 18.7 Å². The Kier molecular flexibility index (Phi) is 6.26. The predicted octanol–water partition coefficient (Wildman–Crippen LogP) is 0.832. The summed E-state index contributed by atoms with van der Waals surface area (Å²) in [6.45, 7) is 3.99. The number of carbonyl (C=O) groups is 1. The maximum atomic E-state index is 12.6. The molecule has 2 aromatic rings. The Hall–Kier alpha value is -2.93. The molecule has 0 saturated carbocycles. The lowest BCUT2D eigenvalue weighted by Gasteiger charge is -2.21. The standard InChI is InChI=1S/C21H26N4O3/c1-22-16-18(20(27)23(2)21(22)28)9-10-19(26)25-12-6-11-24(13-14-25)15-17-7-4-3-5-8-17/h3-5,7-10,16H,6,11-15H2,1-2H3/b10-9+. The molecule has 3 rings (SSSR count). The molecule has 7 heteroatoms. The fourth-order valence-electron chi connectivity index (χ4n) is 3.41. The van der Waals surface area contributed by atoms with Crippen molar-refractivity contribution in [1.29, 1.82) is 0 Å². The minimum Gasteiger partial charge on any atom is -0.338 e. The lowest BCUT2D eigenvalue weighted by atomic mass is 10.2. The van der Waals surface area contributed by atoms with E-state index in [-0.39, 0.29) is 11.6 Å². The van der Waals surface area contributed by atoms with Crippen LogP contribution in [0, 0.1) is 0 Å². The highest BCUT2D eigenvalue weighted by Crippen LogP contribution is 2.09. The lowest BCUT2D eigenvalue weighted by Crippen LogP contribution is -2.37. The zero-order chi connectivity index (χ0) is 20.1. The number of rotatable bonds is 4. The second-order valence-corrected chi connectivity index (χ2v) is 7.12. The fraction of sp³-hybridized carbons (Fsp3) is 0.381. The van der Waals surface area contributed by atoms with Crippen LogP contribution in [-0.2, 0) is 25.4 Å². The summed E-state index contributed by atoms with van der Waals surface area (Å²) in [5.41, 5.74) is 0.794. The van der Waals surface area contributed by atoms with Crippen molar-refractivity contribution in [3.8, 4) is 0 Å². The zero-order valence-corrected chi connectivity index (χ0v) is 16.4. The lowest BCUT2D eigenvalue weighted by molar-refractivity contribution is -0.125.